The number of alkyl halides is 1. The Kier molecular flexibility index (Phi) is 7.52. The average molecular weight is 312 g/mol. The fourth-order valence-electron chi connectivity index (χ4n) is 1.76. The minimum absolute atomic E-state index is 0.0191. The lowest BCUT2D eigenvalue weighted by molar-refractivity contribution is -0.176. The summed E-state index contributed by atoms with van der Waals surface area (Å²) >= 11 is 0. The third-order valence-electron chi connectivity index (χ3n) is 2.90. The molecular formula is C16H21FO5. The number of halogens is 1. The van der Waals surface area contributed by atoms with E-state index in [1.165, 1.54) is 13.8 Å². The van der Waals surface area contributed by atoms with Gasteiger partial charge in [0.15, 0.2) is 0 Å². The highest BCUT2D eigenvalue weighted by Crippen LogP contribution is 2.21. The van der Waals surface area contributed by atoms with Gasteiger partial charge in [-0.25, -0.2) is 14.0 Å². The highest BCUT2D eigenvalue weighted by atomic mass is 19.1. The molecule has 0 aromatic heterocycles. The van der Waals surface area contributed by atoms with Crippen molar-refractivity contribution in [3.05, 3.63) is 35.9 Å². The van der Waals surface area contributed by atoms with Crippen molar-refractivity contribution in [2.45, 2.75) is 32.5 Å². The van der Waals surface area contributed by atoms with Gasteiger partial charge in [0.1, 0.15) is 0 Å². The van der Waals surface area contributed by atoms with Gasteiger partial charge in [-0.3, -0.25) is 0 Å². The number of hydrogen-bond acceptors (Lipinski definition) is 5. The Morgan fingerprint density at radius 3 is 2.09 bits per heavy atom. The van der Waals surface area contributed by atoms with Crippen LogP contribution in [0.2, 0.25) is 0 Å². The van der Waals surface area contributed by atoms with Gasteiger partial charge in [-0.1, -0.05) is 30.3 Å². The van der Waals surface area contributed by atoms with Crippen LogP contribution in [0.1, 0.15) is 25.8 Å². The Hall–Kier alpha value is -1.95. The summed E-state index contributed by atoms with van der Waals surface area (Å²) in [6.07, 6.45) is -0.447. The zero-order valence-corrected chi connectivity index (χ0v) is 12.8. The smallest absolute Gasteiger partial charge is 0.355 e. The molecule has 6 heteroatoms. The number of ether oxygens (including phenoxy) is 3. The van der Waals surface area contributed by atoms with Crippen LogP contribution in [0.3, 0.4) is 0 Å². The van der Waals surface area contributed by atoms with Crippen LogP contribution in [-0.2, 0) is 30.4 Å². The minimum atomic E-state index is -2.83. The van der Waals surface area contributed by atoms with Gasteiger partial charge in [0.2, 0.25) is 0 Å². The van der Waals surface area contributed by atoms with E-state index >= 15 is 0 Å². The van der Waals surface area contributed by atoms with Gasteiger partial charge in [-0.15, -0.1) is 0 Å². The average Bonchev–Trinajstić information content (AvgIpc) is 2.52. The summed E-state index contributed by atoms with van der Waals surface area (Å²) < 4.78 is 29.2. The Bertz CT molecular complexity index is 457. The monoisotopic (exact) mass is 312 g/mol. The summed E-state index contributed by atoms with van der Waals surface area (Å²) in [6.45, 7) is 3.19. The third kappa shape index (κ3) is 5.11. The van der Waals surface area contributed by atoms with Crippen molar-refractivity contribution in [2.75, 3.05) is 19.8 Å². The molecular weight excluding hydrogens is 291 g/mol. The highest BCUT2D eigenvalue weighted by molar-refractivity contribution is 6.03. The first-order chi connectivity index (χ1) is 10.5. The van der Waals surface area contributed by atoms with Crippen LogP contribution in [0, 0.1) is 0 Å². The standard InChI is InChI=1S/C16H21FO5/c1-3-21-14(18)16(17,15(19)22-4-2)10-11-20-12-13-8-6-5-7-9-13/h5-9H,3-4,10-12H2,1-2H3. The molecule has 22 heavy (non-hydrogen) atoms. The van der Waals surface area contributed by atoms with E-state index in [1.54, 1.807) is 0 Å². The predicted octanol–water partition coefficient (Wildman–Crippen LogP) is 2.43. The van der Waals surface area contributed by atoms with Gasteiger partial charge < -0.3 is 14.2 Å². The maximum absolute atomic E-state index is 14.6. The summed E-state index contributed by atoms with van der Waals surface area (Å²) in [6, 6.07) is 9.31. The lowest BCUT2D eigenvalue weighted by Crippen LogP contribution is -2.45. The molecule has 1 aromatic carbocycles. The summed E-state index contributed by atoms with van der Waals surface area (Å²) in [4.78, 5) is 23.4. The van der Waals surface area contributed by atoms with Crippen LogP contribution in [0.5, 0.6) is 0 Å². The molecule has 0 fully saturated rings. The second-order valence-corrected chi connectivity index (χ2v) is 4.53. The van der Waals surface area contributed by atoms with E-state index in [0.717, 1.165) is 5.56 Å². The minimum Gasteiger partial charge on any atom is -0.463 e. The molecule has 5 nitrogen and oxygen atoms in total. The number of carbonyl (C=O) groups is 2. The third-order valence-corrected chi connectivity index (χ3v) is 2.90. The van der Waals surface area contributed by atoms with Gasteiger partial charge in [0.05, 0.1) is 26.4 Å². The first-order valence-corrected chi connectivity index (χ1v) is 7.19. The Morgan fingerprint density at radius 1 is 1.05 bits per heavy atom. The van der Waals surface area contributed by atoms with Crippen molar-refractivity contribution in [3.8, 4) is 0 Å². The normalized spacial score (nSPS) is 11.0. The molecule has 1 rings (SSSR count). The zero-order valence-electron chi connectivity index (χ0n) is 12.8. The summed E-state index contributed by atoms with van der Waals surface area (Å²) in [7, 11) is 0. The molecule has 0 saturated carbocycles. The number of esters is 2. The second kappa shape index (κ2) is 9.15. The van der Waals surface area contributed by atoms with Crippen LogP contribution in [0.25, 0.3) is 0 Å². The molecule has 0 N–H and O–H groups in total. The molecule has 0 unspecified atom stereocenters. The molecule has 0 aliphatic heterocycles. The van der Waals surface area contributed by atoms with Crippen LogP contribution in [0.4, 0.5) is 4.39 Å². The SMILES string of the molecule is CCOC(=O)C(F)(CCOCc1ccccc1)C(=O)OCC. The van der Waals surface area contributed by atoms with E-state index in [2.05, 4.69) is 9.47 Å². The maximum atomic E-state index is 14.6. The number of carbonyl (C=O) groups excluding carboxylic acids is 2. The van der Waals surface area contributed by atoms with Gasteiger partial charge in [0, 0.05) is 6.42 Å². The van der Waals surface area contributed by atoms with Crippen molar-refractivity contribution < 1.29 is 28.2 Å². The van der Waals surface area contributed by atoms with Gasteiger partial charge in [-0.05, 0) is 19.4 Å². The molecule has 122 valence electrons. The quantitative estimate of drug-likeness (QED) is 0.398. The van der Waals surface area contributed by atoms with E-state index in [0.29, 0.717) is 0 Å². The molecule has 0 amide bonds. The molecule has 0 bridgehead atoms. The number of hydrogen-bond donors (Lipinski definition) is 0. The van der Waals surface area contributed by atoms with Gasteiger partial charge in [-0.2, -0.15) is 0 Å². The van der Waals surface area contributed by atoms with Crippen LogP contribution < -0.4 is 0 Å². The van der Waals surface area contributed by atoms with E-state index in [1.807, 2.05) is 30.3 Å². The molecule has 0 atom stereocenters. The van der Waals surface area contributed by atoms with Gasteiger partial charge in [0.25, 0.3) is 0 Å². The Morgan fingerprint density at radius 2 is 1.59 bits per heavy atom. The predicted molar refractivity (Wildman–Crippen MR) is 77.8 cm³/mol. The Labute approximate surface area is 129 Å². The molecule has 0 radical (unpaired) electrons. The maximum Gasteiger partial charge on any atom is 0.355 e. The zero-order chi connectivity index (χ0) is 16.4. The lowest BCUT2D eigenvalue weighted by atomic mass is 10.0. The van der Waals surface area contributed by atoms with Gasteiger partial charge >= 0.3 is 17.6 Å². The van der Waals surface area contributed by atoms with E-state index < -0.39 is 24.0 Å². The van der Waals surface area contributed by atoms with Crippen LogP contribution >= 0.6 is 0 Å². The fourth-order valence-corrected chi connectivity index (χ4v) is 1.76. The first-order valence-electron chi connectivity index (χ1n) is 7.19. The molecule has 0 aliphatic rings. The van der Waals surface area contributed by atoms with Crippen LogP contribution in [-0.4, -0.2) is 37.4 Å². The molecule has 0 heterocycles. The number of benzene rings is 1. The fraction of sp³-hybridized carbons (Fsp3) is 0.500. The lowest BCUT2D eigenvalue weighted by Gasteiger charge is -2.21. The molecule has 1 aromatic rings. The largest absolute Gasteiger partial charge is 0.463 e. The van der Waals surface area contributed by atoms with Crippen molar-refractivity contribution in [1.82, 2.24) is 0 Å². The summed E-state index contributed by atoms with van der Waals surface area (Å²) in [5.41, 5.74) is -1.91. The second-order valence-electron chi connectivity index (χ2n) is 4.53. The van der Waals surface area contributed by atoms with E-state index in [4.69, 9.17) is 4.74 Å². The first kappa shape index (κ1) is 18.1. The summed E-state index contributed by atoms with van der Waals surface area (Å²) in [5, 5.41) is 0. The van der Waals surface area contributed by atoms with Crippen molar-refractivity contribution in [3.63, 3.8) is 0 Å². The van der Waals surface area contributed by atoms with E-state index in [9.17, 15) is 14.0 Å². The topological polar surface area (TPSA) is 61.8 Å². The summed E-state index contributed by atoms with van der Waals surface area (Å²) in [5.74, 6) is -2.48. The Balaban J connectivity index is 2.57. The van der Waals surface area contributed by atoms with Crippen molar-refractivity contribution in [1.29, 1.82) is 0 Å². The number of rotatable bonds is 9. The molecule has 0 aliphatic carbocycles. The molecule has 0 spiro atoms. The van der Waals surface area contributed by atoms with E-state index in [-0.39, 0.29) is 26.4 Å². The van der Waals surface area contributed by atoms with Crippen LogP contribution in [0.15, 0.2) is 30.3 Å². The van der Waals surface area contributed by atoms with Crippen molar-refractivity contribution >= 4 is 11.9 Å². The molecule has 0 saturated heterocycles. The highest BCUT2D eigenvalue weighted by Gasteiger charge is 2.49. The van der Waals surface area contributed by atoms with Crippen molar-refractivity contribution in [2.24, 2.45) is 0 Å².